The number of carboxylic acid groups (broad SMARTS) is 1. The maximum Gasteiger partial charge on any atom is 0.335 e. The van der Waals surface area contributed by atoms with E-state index >= 15 is 0 Å². The Morgan fingerprint density at radius 3 is 2.25 bits per heavy atom. The molecule has 1 aliphatic rings. The minimum atomic E-state index is -1.04. The van der Waals surface area contributed by atoms with Gasteiger partial charge in [0, 0.05) is 0 Å². The predicted octanol–water partition coefficient (Wildman–Crippen LogP) is 3.76. The molecule has 120 valence electrons. The lowest BCUT2D eigenvalue weighted by molar-refractivity contribution is -0.113. The molecule has 0 spiro atoms. The van der Waals surface area contributed by atoms with Gasteiger partial charge in [-0.15, -0.1) is 0 Å². The zero-order chi connectivity index (χ0) is 17.3. The molecule has 2 amide bonds. The fourth-order valence-electron chi connectivity index (χ4n) is 2.15. The van der Waals surface area contributed by atoms with Crippen LogP contribution < -0.4 is 4.90 Å². The molecule has 2 aromatic carbocycles. The summed E-state index contributed by atoms with van der Waals surface area (Å²) in [7, 11) is 0. The molecule has 1 aliphatic heterocycles. The second-order valence-corrected chi connectivity index (χ2v) is 5.91. The van der Waals surface area contributed by atoms with Crippen molar-refractivity contribution in [2.45, 2.75) is 0 Å². The van der Waals surface area contributed by atoms with Crippen LogP contribution in [0.3, 0.4) is 0 Å². The van der Waals surface area contributed by atoms with Gasteiger partial charge >= 0.3 is 5.97 Å². The summed E-state index contributed by atoms with van der Waals surface area (Å²) in [5.41, 5.74) is 1.03. The normalized spacial score (nSPS) is 16.0. The predicted molar refractivity (Wildman–Crippen MR) is 88.3 cm³/mol. The summed E-state index contributed by atoms with van der Waals surface area (Å²) in [6.45, 7) is 0. The Bertz CT molecular complexity index is 859. The Morgan fingerprint density at radius 2 is 1.67 bits per heavy atom. The molecule has 1 fully saturated rings. The van der Waals surface area contributed by atoms with Crippen LogP contribution in [0.1, 0.15) is 15.9 Å². The topological polar surface area (TPSA) is 74.7 Å². The fourth-order valence-corrected chi connectivity index (χ4v) is 3.00. The van der Waals surface area contributed by atoms with Gasteiger partial charge in [0.05, 0.1) is 16.2 Å². The van der Waals surface area contributed by atoms with Gasteiger partial charge in [0.2, 0.25) is 0 Å². The van der Waals surface area contributed by atoms with Gasteiger partial charge in [-0.05, 0) is 59.8 Å². The number of thioether (sulfide) groups is 1. The van der Waals surface area contributed by atoms with Crippen molar-refractivity contribution in [1.82, 2.24) is 0 Å². The van der Waals surface area contributed by atoms with Crippen LogP contribution in [-0.4, -0.2) is 22.2 Å². The third-order valence-corrected chi connectivity index (χ3v) is 4.20. The second kappa shape index (κ2) is 6.29. The number of nitrogens with zero attached hydrogens (tertiary/aromatic N) is 1. The van der Waals surface area contributed by atoms with Crippen LogP contribution in [0.15, 0.2) is 53.4 Å². The molecule has 7 heteroatoms. The number of imide groups is 1. The first-order valence-corrected chi connectivity index (χ1v) is 7.64. The number of carbonyl (C=O) groups is 3. The van der Waals surface area contributed by atoms with Crippen molar-refractivity contribution < 1.29 is 23.9 Å². The molecule has 0 atom stereocenters. The van der Waals surface area contributed by atoms with Crippen LogP contribution in [0, 0.1) is 5.82 Å². The summed E-state index contributed by atoms with van der Waals surface area (Å²) < 4.78 is 13.0. The molecule has 0 aliphatic carbocycles. The number of anilines is 1. The standard InChI is InChI=1S/C17H10FNO4S/c18-12-5-7-13(8-6-12)19-15(20)14(24-17(19)23)9-10-1-3-11(4-2-10)16(21)22/h1-9H,(H,21,22)/b14-9+. The van der Waals surface area contributed by atoms with Crippen molar-refractivity contribution in [3.63, 3.8) is 0 Å². The third-order valence-electron chi connectivity index (χ3n) is 3.33. The van der Waals surface area contributed by atoms with Crippen molar-refractivity contribution in [2.24, 2.45) is 0 Å². The molecule has 3 rings (SSSR count). The number of hydrogen-bond donors (Lipinski definition) is 1. The van der Waals surface area contributed by atoms with Gasteiger partial charge in [-0.1, -0.05) is 12.1 Å². The number of carboxylic acids is 1. The molecule has 24 heavy (non-hydrogen) atoms. The molecule has 0 unspecified atom stereocenters. The van der Waals surface area contributed by atoms with E-state index in [9.17, 15) is 18.8 Å². The Balaban J connectivity index is 1.87. The maximum absolute atomic E-state index is 13.0. The van der Waals surface area contributed by atoms with E-state index in [0.29, 0.717) is 11.3 Å². The van der Waals surface area contributed by atoms with E-state index in [1.54, 1.807) is 12.1 Å². The van der Waals surface area contributed by atoms with E-state index in [4.69, 9.17) is 5.11 Å². The number of aromatic carboxylic acids is 1. The Kier molecular flexibility index (Phi) is 4.18. The highest BCUT2D eigenvalue weighted by molar-refractivity contribution is 8.19. The number of rotatable bonds is 3. The summed E-state index contributed by atoms with van der Waals surface area (Å²) in [6, 6.07) is 11.0. The molecule has 0 aromatic heterocycles. The molecule has 1 N–H and O–H groups in total. The lowest BCUT2D eigenvalue weighted by atomic mass is 10.1. The second-order valence-electron chi connectivity index (χ2n) is 4.92. The zero-order valence-electron chi connectivity index (χ0n) is 12.1. The molecule has 0 bridgehead atoms. The SMILES string of the molecule is O=C(O)c1ccc(/C=C2/SC(=O)N(c3ccc(F)cc3)C2=O)cc1. The lowest BCUT2D eigenvalue weighted by Gasteiger charge is -2.11. The largest absolute Gasteiger partial charge is 0.478 e. The van der Waals surface area contributed by atoms with Crippen molar-refractivity contribution >= 4 is 40.6 Å². The Labute approximate surface area is 140 Å². The quantitative estimate of drug-likeness (QED) is 0.859. The number of carbonyl (C=O) groups excluding carboxylic acids is 2. The Morgan fingerprint density at radius 1 is 1.04 bits per heavy atom. The van der Waals surface area contributed by atoms with Crippen LogP contribution in [-0.2, 0) is 4.79 Å². The first-order valence-electron chi connectivity index (χ1n) is 6.82. The maximum atomic E-state index is 13.0. The smallest absolute Gasteiger partial charge is 0.335 e. The summed E-state index contributed by atoms with van der Waals surface area (Å²) in [6.07, 6.45) is 1.51. The summed E-state index contributed by atoms with van der Waals surface area (Å²) in [4.78, 5) is 36.5. The number of amides is 2. The highest BCUT2D eigenvalue weighted by atomic mass is 32.2. The lowest BCUT2D eigenvalue weighted by Crippen LogP contribution is -2.27. The molecule has 1 saturated heterocycles. The first kappa shape index (κ1) is 15.9. The molecular weight excluding hydrogens is 333 g/mol. The van der Waals surface area contributed by atoms with E-state index in [2.05, 4.69) is 0 Å². The van der Waals surface area contributed by atoms with Gasteiger partial charge in [0.1, 0.15) is 5.82 Å². The molecule has 0 radical (unpaired) electrons. The zero-order valence-corrected chi connectivity index (χ0v) is 12.9. The highest BCUT2D eigenvalue weighted by Gasteiger charge is 2.36. The average Bonchev–Trinajstić information content (AvgIpc) is 2.83. The van der Waals surface area contributed by atoms with E-state index < -0.39 is 22.9 Å². The van der Waals surface area contributed by atoms with Gasteiger partial charge < -0.3 is 5.11 Å². The number of benzene rings is 2. The summed E-state index contributed by atoms with van der Waals surface area (Å²) in [5, 5.41) is 8.39. The highest BCUT2D eigenvalue weighted by Crippen LogP contribution is 2.35. The van der Waals surface area contributed by atoms with E-state index in [1.807, 2.05) is 0 Å². The van der Waals surface area contributed by atoms with Gasteiger partial charge in [0.25, 0.3) is 11.1 Å². The van der Waals surface area contributed by atoms with Crippen molar-refractivity contribution in [1.29, 1.82) is 0 Å². The minimum Gasteiger partial charge on any atom is -0.478 e. The Hall–Kier alpha value is -2.93. The molecular formula is C17H10FNO4S. The third kappa shape index (κ3) is 3.07. The molecule has 5 nitrogen and oxygen atoms in total. The van der Waals surface area contributed by atoms with Crippen LogP contribution in [0.4, 0.5) is 14.9 Å². The van der Waals surface area contributed by atoms with Crippen LogP contribution in [0.25, 0.3) is 6.08 Å². The number of halogens is 1. The monoisotopic (exact) mass is 343 g/mol. The van der Waals surface area contributed by atoms with Gasteiger partial charge in [-0.25, -0.2) is 14.1 Å². The fraction of sp³-hybridized carbons (Fsp3) is 0. The van der Waals surface area contributed by atoms with Crippen LogP contribution >= 0.6 is 11.8 Å². The minimum absolute atomic E-state index is 0.131. The van der Waals surface area contributed by atoms with Crippen LogP contribution in [0.2, 0.25) is 0 Å². The average molecular weight is 343 g/mol. The summed E-state index contributed by atoms with van der Waals surface area (Å²) in [5.74, 6) is -2.00. The van der Waals surface area contributed by atoms with Crippen molar-refractivity contribution in [3.8, 4) is 0 Å². The molecule has 2 aromatic rings. The van der Waals surface area contributed by atoms with E-state index in [0.717, 1.165) is 16.7 Å². The van der Waals surface area contributed by atoms with Crippen LogP contribution in [0.5, 0.6) is 0 Å². The van der Waals surface area contributed by atoms with E-state index in [-0.39, 0.29) is 10.5 Å². The van der Waals surface area contributed by atoms with E-state index in [1.165, 1.54) is 42.5 Å². The van der Waals surface area contributed by atoms with Crippen molar-refractivity contribution in [3.05, 3.63) is 70.4 Å². The van der Waals surface area contributed by atoms with Crippen molar-refractivity contribution in [2.75, 3.05) is 4.90 Å². The molecule has 0 saturated carbocycles. The van der Waals surface area contributed by atoms with Gasteiger partial charge in [0.15, 0.2) is 0 Å². The molecule has 1 heterocycles. The number of hydrogen-bond acceptors (Lipinski definition) is 4. The van der Waals surface area contributed by atoms with Gasteiger partial charge in [-0.3, -0.25) is 9.59 Å². The first-order chi connectivity index (χ1) is 11.5. The summed E-state index contributed by atoms with van der Waals surface area (Å²) >= 11 is 0.775. The van der Waals surface area contributed by atoms with Gasteiger partial charge in [-0.2, -0.15) is 0 Å².